The molecule has 0 unspecified atom stereocenters. The largest absolute Gasteiger partial charge is 0.447 e. The molecule has 120 valence electrons. The van der Waals surface area contributed by atoms with Crippen molar-refractivity contribution in [1.82, 2.24) is 4.90 Å². The minimum absolute atomic E-state index is 0.0115. The van der Waals surface area contributed by atoms with Crippen LogP contribution in [0, 0.1) is 0 Å². The predicted molar refractivity (Wildman–Crippen MR) is 93.7 cm³/mol. The Morgan fingerprint density at radius 3 is 2.50 bits per heavy atom. The summed E-state index contributed by atoms with van der Waals surface area (Å²) in [5.41, 5.74) is 1.50. The molecule has 0 N–H and O–H groups in total. The zero-order valence-corrected chi connectivity index (χ0v) is 15.1. The van der Waals surface area contributed by atoms with Crippen molar-refractivity contribution in [3.05, 3.63) is 48.6 Å². The summed E-state index contributed by atoms with van der Waals surface area (Å²) in [6.45, 7) is 13.6. The van der Waals surface area contributed by atoms with E-state index in [1.807, 2.05) is 29.2 Å². The van der Waals surface area contributed by atoms with Crippen LogP contribution in [0.1, 0.15) is 24.9 Å². The van der Waals surface area contributed by atoms with Crippen LogP contribution >= 0.6 is 0 Å². The summed E-state index contributed by atoms with van der Waals surface area (Å²) in [4.78, 5) is 14.3. The molecule has 0 spiro atoms. The van der Waals surface area contributed by atoms with Crippen LogP contribution in [0.2, 0.25) is 25.2 Å². The Kier molecular flexibility index (Phi) is 5.11. The lowest BCUT2D eigenvalue weighted by molar-refractivity contribution is 0.142. The van der Waals surface area contributed by atoms with Crippen LogP contribution in [0.5, 0.6) is 0 Å². The van der Waals surface area contributed by atoms with Crippen LogP contribution in [-0.4, -0.2) is 31.7 Å². The van der Waals surface area contributed by atoms with Crippen LogP contribution in [0.25, 0.3) is 0 Å². The zero-order valence-electron chi connectivity index (χ0n) is 14.1. The maximum Gasteiger partial charge on any atom is 0.410 e. The van der Waals surface area contributed by atoms with E-state index in [1.165, 1.54) is 0 Å². The Hall–Kier alpha value is -1.55. The van der Waals surface area contributed by atoms with Gasteiger partial charge in [-0.2, -0.15) is 0 Å². The molecule has 1 aromatic rings. The number of cyclic esters (lactones) is 1. The first-order valence-electron chi connectivity index (χ1n) is 8.02. The molecular weight excluding hydrogens is 290 g/mol. The van der Waals surface area contributed by atoms with E-state index in [4.69, 9.17) is 4.74 Å². The summed E-state index contributed by atoms with van der Waals surface area (Å²) >= 11 is 0. The number of rotatable bonds is 6. The molecule has 3 nitrogen and oxygen atoms in total. The van der Waals surface area contributed by atoms with Gasteiger partial charge in [-0.25, -0.2) is 4.79 Å². The van der Waals surface area contributed by atoms with Crippen LogP contribution in [0.3, 0.4) is 0 Å². The molecule has 1 aromatic carbocycles. The van der Waals surface area contributed by atoms with Gasteiger partial charge < -0.3 is 4.74 Å². The molecule has 1 heterocycles. The van der Waals surface area contributed by atoms with Crippen LogP contribution in [0.4, 0.5) is 4.79 Å². The van der Waals surface area contributed by atoms with Crippen molar-refractivity contribution in [2.45, 2.75) is 50.6 Å². The molecule has 1 amide bonds. The van der Waals surface area contributed by atoms with E-state index in [0.29, 0.717) is 12.1 Å². The number of carbonyl (C=O) groups excluding carboxylic acids is 1. The fourth-order valence-electron chi connectivity index (χ4n) is 3.44. The maximum atomic E-state index is 12.4. The second kappa shape index (κ2) is 6.69. The van der Waals surface area contributed by atoms with E-state index in [1.54, 1.807) is 0 Å². The summed E-state index contributed by atoms with van der Waals surface area (Å²) in [5.74, 6) is 0. The first kappa shape index (κ1) is 16.8. The van der Waals surface area contributed by atoms with Gasteiger partial charge in [-0.1, -0.05) is 63.0 Å². The number of ether oxygens (including phenoxy) is 1. The molecule has 1 aliphatic heterocycles. The molecule has 2 rings (SSSR count). The molecule has 0 radical (unpaired) electrons. The van der Waals surface area contributed by atoms with E-state index in [2.05, 4.69) is 45.3 Å². The first-order valence-corrected chi connectivity index (χ1v) is 11.6. The molecule has 0 aromatic heterocycles. The number of carbonyl (C=O) groups is 1. The zero-order chi connectivity index (χ0) is 16.3. The van der Waals surface area contributed by atoms with Gasteiger partial charge in [0.25, 0.3) is 0 Å². The van der Waals surface area contributed by atoms with E-state index < -0.39 is 8.07 Å². The van der Waals surface area contributed by atoms with Gasteiger partial charge in [0, 0.05) is 6.04 Å². The standard InChI is InChI=1S/C18H27NO2Si/c1-6-15(17(7-2)22(3,4)5)19-16(13-21-18(19)20)14-11-9-8-10-12-14/h7-12,15-17H,2,6,13H2,1,3-5H3/t15-,16-,17-/m1/s1. The van der Waals surface area contributed by atoms with Crippen molar-refractivity contribution in [1.29, 1.82) is 0 Å². The fraction of sp³-hybridized carbons (Fsp3) is 0.500. The lowest BCUT2D eigenvalue weighted by Gasteiger charge is -2.40. The molecule has 1 fully saturated rings. The van der Waals surface area contributed by atoms with Gasteiger partial charge in [0.15, 0.2) is 0 Å². The lowest BCUT2D eigenvalue weighted by atomic mass is 10.0. The Morgan fingerprint density at radius 1 is 1.36 bits per heavy atom. The van der Waals surface area contributed by atoms with Crippen molar-refractivity contribution >= 4 is 14.2 Å². The lowest BCUT2D eigenvalue weighted by Crippen LogP contribution is -2.46. The second-order valence-electron chi connectivity index (χ2n) is 7.01. The van der Waals surface area contributed by atoms with Crippen molar-refractivity contribution < 1.29 is 9.53 Å². The number of hydrogen-bond acceptors (Lipinski definition) is 2. The quantitative estimate of drug-likeness (QED) is 0.554. The highest BCUT2D eigenvalue weighted by Crippen LogP contribution is 2.39. The second-order valence-corrected chi connectivity index (χ2v) is 12.4. The molecular formula is C18H27NO2Si. The van der Waals surface area contributed by atoms with Gasteiger partial charge in [0.05, 0.1) is 14.1 Å². The molecule has 0 aliphatic carbocycles. The van der Waals surface area contributed by atoms with E-state index in [9.17, 15) is 4.79 Å². The summed E-state index contributed by atoms with van der Waals surface area (Å²) < 4.78 is 5.39. The Bertz CT molecular complexity index is 524. The molecule has 0 bridgehead atoms. The van der Waals surface area contributed by atoms with Gasteiger partial charge in [-0.15, -0.1) is 6.58 Å². The minimum atomic E-state index is -1.47. The van der Waals surface area contributed by atoms with Crippen molar-refractivity contribution in [2.24, 2.45) is 0 Å². The van der Waals surface area contributed by atoms with E-state index in [0.717, 1.165) is 12.0 Å². The fourth-order valence-corrected chi connectivity index (χ4v) is 5.70. The average Bonchev–Trinajstić information content (AvgIpc) is 2.86. The molecule has 3 atom stereocenters. The van der Waals surface area contributed by atoms with E-state index in [-0.39, 0.29) is 18.2 Å². The third-order valence-corrected chi connectivity index (χ3v) is 7.16. The molecule has 1 saturated heterocycles. The minimum Gasteiger partial charge on any atom is -0.447 e. The topological polar surface area (TPSA) is 29.5 Å². The Labute approximate surface area is 135 Å². The maximum absolute atomic E-state index is 12.4. The highest BCUT2D eigenvalue weighted by atomic mass is 28.3. The highest BCUT2D eigenvalue weighted by Gasteiger charge is 2.43. The summed E-state index contributed by atoms with van der Waals surface area (Å²) in [6, 6.07) is 10.3. The number of nitrogens with zero attached hydrogens (tertiary/aromatic N) is 1. The SMILES string of the molecule is C=C[C@H]([C@@H](CC)N1C(=O)OC[C@@H]1c1ccccc1)[Si](C)(C)C. The first-order chi connectivity index (χ1) is 10.4. The molecule has 0 saturated carbocycles. The van der Waals surface area contributed by atoms with Crippen molar-refractivity contribution in [2.75, 3.05) is 6.61 Å². The smallest absolute Gasteiger partial charge is 0.410 e. The van der Waals surface area contributed by atoms with Gasteiger partial charge >= 0.3 is 6.09 Å². The third kappa shape index (κ3) is 3.27. The van der Waals surface area contributed by atoms with Crippen LogP contribution in [-0.2, 0) is 4.74 Å². The molecule has 22 heavy (non-hydrogen) atoms. The van der Waals surface area contributed by atoms with Gasteiger partial charge in [0.2, 0.25) is 0 Å². The molecule has 1 aliphatic rings. The Morgan fingerprint density at radius 2 is 2.00 bits per heavy atom. The summed E-state index contributed by atoms with van der Waals surface area (Å²) in [5, 5.41) is 0. The highest BCUT2D eigenvalue weighted by molar-refractivity contribution is 6.78. The average molecular weight is 318 g/mol. The monoisotopic (exact) mass is 317 g/mol. The van der Waals surface area contributed by atoms with Gasteiger partial charge in [-0.05, 0) is 17.5 Å². The third-order valence-electron chi connectivity index (χ3n) is 4.54. The number of amides is 1. The summed E-state index contributed by atoms with van der Waals surface area (Å²) in [7, 11) is -1.47. The normalized spacial score (nSPS) is 21.4. The van der Waals surface area contributed by atoms with Gasteiger partial charge in [0.1, 0.15) is 6.61 Å². The summed E-state index contributed by atoms with van der Waals surface area (Å²) in [6.07, 6.45) is 2.78. The van der Waals surface area contributed by atoms with Crippen molar-refractivity contribution in [3.8, 4) is 0 Å². The van der Waals surface area contributed by atoms with Crippen molar-refractivity contribution in [3.63, 3.8) is 0 Å². The van der Waals surface area contributed by atoms with Gasteiger partial charge in [-0.3, -0.25) is 4.90 Å². The number of hydrogen-bond donors (Lipinski definition) is 0. The van der Waals surface area contributed by atoms with E-state index >= 15 is 0 Å². The van der Waals surface area contributed by atoms with Crippen LogP contribution < -0.4 is 0 Å². The molecule has 4 heteroatoms. The number of benzene rings is 1. The predicted octanol–water partition coefficient (Wildman–Crippen LogP) is 4.85. The Balaban J connectivity index is 2.36. The van der Waals surface area contributed by atoms with Crippen LogP contribution in [0.15, 0.2) is 43.0 Å².